The Labute approximate surface area is 166 Å². The number of thiophene rings is 1. The Balaban J connectivity index is 2.05. The Kier molecular flexibility index (Phi) is 4.46. The van der Waals surface area contributed by atoms with Gasteiger partial charge in [-0.15, -0.1) is 11.3 Å². The van der Waals surface area contributed by atoms with Crippen LogP contribution in [0.2, 0.25) is 0 Å². The Hall–Kier alpha value is -3.46. The molecular formula is C20H12F3N3O2S. The number of nitrogens with zero attached hydrogens (tertiary/aromatic N) is 2. The first-order chi connectivity index (χ1) is 13.8. The van der Waals surface area contributed by atoms with Gasteiger partial charge in [-0.05, 0) is 12.1 Å². The fourth-order valence-electron chi connectivity index (χ4n) is 3.13. The summed E-state index contributed by atoms with van der Waals surface area (Å²) < 4.78 is 41.5. The molecule has 0 fully saturated rings. The van der Waals surface area contributed by atoms with E-state index in [1.54, 1.807) is 36.4 Å². The summed E-state index contributed by atoms with van der Waals surface area (Å²) in [5.74, 6) is 0. The molecule has 0 aliphatic carbocycles. The molecule has 0 saturated carbocycles. The molecular weight excluding hydrogens is 403 g/mol. The van der Waals surface area contributed by atoms with Crippen molar-refractivity contribution in [2.45, 2.75) is 6.18 Å². The Bertz CT molecular complexity index is 1240. The number of rotatable bonds is 3. The molecule has 2 heterocycles. The number of anilines is 1. The number of pyridine rings is 1. The first kappa shape index (κ1) is 18.9. The topological polar surface area (TPSA) is 82.0 Å². The lowest BCUT2D eigenvalue weighted by Gasteiger charge is -2.11. The molecule has 9 heteroatoms. The summed E-state index contributed by atoms with van der Waals surface area (Å²) in [5.41, 5.74) is 5.60. The summed E-state index contributed by atoms with van der Waals surface area (Å²) in [6.07, 6.45) is -4.67. The number of aromatic nitrogens is 1. The predicted octanol–water partition coefficient (Wildman–Crippen LogP) is 6.14. The van der Waals surface area contributed by atoms with Crippen molar-refractivity contribution in [1.82, 2.24) is 4.98 Å². The number of hydrogen-bond acceptors (Lipinski definition) is 5. The first-order valence-corrected chi connectivity index (χ1v) is 9.18. The number of benzene rings is 2. The molecule has 5 nitrogen and oxygen atoms in total. The van der Waals surface area contributed by atoms with E-state index in [9.17, 15) is 23.3 Å². The van der Waals surface area contributed by atoms with Crippen molar-refractivity contribution in [2.24, 2.45) is 0 Å². The summed E-state index contributed by atoms with van der Waals surface area (Å²) >= 11 is 0.907. The number of hydrogen-bond donors (Lipinski definition) is 1. The van der Waals surface area contributed by atoms with Gasteiger partial charge in [0.25, 0.3) is 5.69 Å². The van der Waals surface area contributed by atoms with Gasteiger partial charge < -0.3 is 5.73 Å². The molecule has 2 aromatic heterocycles. The average Bonchev–Trinajstić information content (AvgIpc) is 3.03. The van der Waals surface area contributed by atoms with Crippen LogP contribution in [0.25, 0.3) is 31.9 Å². The van der Waals surface area contributed by atoms with Crippen molar-refractivity contribution in [3.05, 3.63) is 76.3 Å². The molecule has 0 bridgehead atoms. The van der Waals surface area contributed by atoms with Crippen molar-refractivity contribution >= 4 is 32.9 Å². The lowest BCUT2D eigenvalue weighted by Crippen LogP contribution is -2.07. The maximum atomic E-state index is 13.8. The number of para-hydroxylation sites is 1. The van der Waals surface area contributed by atoms with Crippen LogP contribution >= 0.6 is 11.3 Å². The van der Waals surface area contributed by atoms with Gasteiger partial charge in [-0.3, -0.25) is 10.1 Å². The van der Waals surface area contributed by atoms with Gasteiger partial charge in [-0.1, -0.05) is 42.5 Å². The van der Waals surface area contributed by atoms with E-state index >= 15 is 0 Å². The first-order valence-electron chi connectivity index (χ1n) is 8.37. The molecule has 29 heavy (non-hydrogen) atoms. The smallest absolute Gasteiger partial charge is 0.397 e. The zero-order chi connectivity index (χ0) is 20.8. The third-order valence-corrected chi connectivity index (χ3v) is 5.55. The van der Waals surface area contributed by atoms with Crippen LogP contribution in [-0.2, 0) is 6.18 Å². The monoisotopic (exact) mass is 415 g/mol. The summed E-state index contributed by atoms with van der Waals surface area (Å²) in [5, 5.41) is 11.1. The molecule has 2 N–H and O–H groups in total. The standard InChI is InChI=1S/C20H12F3N3O2S/c21-20(22,23)13-10-14(11-6-2-1-3-7-11)25-19-16(13)17(24)18(29-19)12-8-4-5-9-15(12)26(27)28/h1-10H,24H2. The number of nitrogen functional groups attached to an aromatic ring is 1. The summed E-state index contributed by atoms with van der Waals surface area (Å²) in [4.78, 5) is 15.4. The highest BCUT2D eigenvalue weighted by atomic mass is 32.1. The summed E-state index contributed by atoms with van der Waals surface area (Å²) in [6.45, 7) is 0. The molecule has 0 atom stereocenters. The zero-order valence-corrected chi connectivity index (χ0v) is 15.4. The lowest BCUT2D eigenvalue weighted by atomic mass is 10.0. The van der Waals surface area contributed by atoms with Gasteiger partial charge >= 0.3 is 6.18 Å². The van der Waals surface area contributed by atoms with Gasteiger partial charge in [0, 0.05) is 17.0 Å². The third-order valence-electron chi connectivity index (χ3n) is 4.42. The lowest BCUT2D eigenvalue weighted by molar-refractivity contribution is -0.384. The maximum Gasteiger partial charge on any atom is 0.417 e. The normalized spacial score (nSPS) is 11.7. The van der Waals surface area contributed by atoms with E-state index < -0.39 is 16.7 Å². The Morgan fingerprint density at radius 2 is 1.69 bits per heavy atom. The maximum absolute atomic E-state index is 13.8. The molecule has 4 rings (SSSR count). The van der Waals surface area contributed by atoms with Crippen LogP contribution in [0.15, 0.2) is 60.7 Å². The van der Waals surface area contributed by atoms with E-state index in [-0.39, 0.29) is 37.7 Å². The average molecular weight is 415 g/mol. The van der Waals surface area contributed by atoms with Crippen LogP contribution < -0.4 is 5.73 Å². The second-order valence-electron chi connectivity index (χ2n) is 6.22. The van der Waals surface area contributed by atoms with E-state index in [0.717, 1.165) is 17.4 Å². The number of fused-ring (bicyclic) bond motifs is 1. The van der Waals surface area contributed by atoms with Crippen molar-refractivity contribution in [2.75, 3.05) is 5.73 Å². The van der Waals surface area contributed by atoms with Crippen LogP contribution in [0.3, 0.4) is 0 Å². The van der Waals surface area contributed by atoms with Crippen LogP contribution in [0.1, 0.15) is 5.56 Å². The van der Waals surface area contributed by atoms with E-state index in [4.69, 9.17) is 5.73 Å². The minimum Gasteiger partial charge on any atom is -0.397 e. The molecule has 0 unspecified atom stereocenters. The predicted molar refractivity (Wildman–Crippen MR) is 107 cm³/mol. The van der Waals surface area contributed by atoms with Crippen molar-refractivity contribution in [1.29, 1.82) is 0 Å². The van der Waals surface area contributed by atoms with E-state index in [2.05, 4.69) is 4.98 Å². The van der Waals surface area contributed by atoms with Crippen molar-refractivity contribution in [3.63, 3.8) is 0 Å². The highest BCUT2D eigenvalue weighted by Gasteiger charge is 2.36. The van der Waals surface area contributed by atoms with Gasteiger partial charge in [0.15, 0.2) is 0 Å². The minimum absolute atomic E-state index is 0.0735. The van der Waals surface area contributed by atoms with Gasteiger partial charge in [0.05, 0.1) is 32.3 Å². The van der Waals surface area contributed by atoms with E-state index in [1.807, 2.05) is 0 Å². The van der Waals surface area contributed by atoms with Crippen LogP contribution in [0.4, 0.5) is 24.5 Å². The molecule has 4 aromatic rings. The molecule has 146 valence electrons. The molecule has 0 spiro atoms. The molecule has 0 aliphatic rings. The fourth-order valence-corrected chi connectivity index (χ4v) is 4.28. The van der Waals surface area contributed by atoms with Gasteiger partial charge in [0.1, 0.15) is 4.83 Å². The van der Waals surface area contributed by atoms with Gasteiger partial charge in [-0.25, -0.2) is 4.98 Å². The van der Waals surface area contributed by atoms with Gasteiger partial charge in [0.2, 0.25) is 0 Å². The second kappa shape index (κ2) is 6.85. The molecule has 0 aliphatic heterocycles. The number of nitro groups is 1. The highest BCUT2D eigenvalue weighted by molar-refractivity contribution is 7.22. The number of halogens is 3. The zero-order valence-electron chi connectivity index (χ0n) is 14.6. The fraction of sp³-hybridized carbons (Fsp3) is 0.0500. The van der Waals surface area contributed by atoms with Crippen LogP contribution in [-0.4, -0.2) is 9.91 Å². The summed E-state index contributed by atoms with van der Waals surface area (Å²) in [6, 6.07) is 15.2. The van der Waals surface area contributed by atoms with Gasteiger partial charge in [-0.2, -0.15) is 13.2 Å². The molecule has 0 saturated heterocycles. The number of nitro benzene ring substituents is 1. The van der Waals surface area contributed by atoms with Crippen molar-refractivity contribution in [3.8, 4) is 21.7 Å². The Morgan fingerprint density at radius 1 is 1.03 bits per heavy atom. The number of alkyl halides is 3. The SMILES string of the molecule is Nc1c(-c2ccccc2[N+](=O)[O-])sc2nc(-c3ccccc3)cc(C(F)(F)F)c12. The second-order valence-corrected chi connectivity index (χ2v) is 7.22. The quantitative estimate of drug-likeness (QED) is 0.322. The van der Waals surface area contributed by atoms with Crippen LogP contribution in [0.5, 0.6) is 0 Å². The van der Waals surface area contributed by atoms with Crippen molar-refractivity contribution < 1.29 is 18.1 Å². The molecule has 0 radical (unpaired) electrons. The van der Waals surface area contributed by atoms with E-state index in [1.165, 1.54) is 18.2 Å². The molecule has 2 aromatic carbocycles. The number of nitrogens with two attached hydrogens (primary N) is 1. The van der Waals surface area contributed by atoms with Crippen LogP contribution in [0, 0.1) is 10.1 Å². The largest absolute Gasteiger partial charge is 0.417 e. The third kappa shape index (κ3) is 3.29. The van der Waals surface area contributed by atoms with E-state index in [0.29, 0.717) is 5.56 Å². The minimum atomic E-state index is -4.67. The summed E-state index contributed by atoms with van der Waals surface area (Å²) in [7, 11) is 0. The highest BCUT2D eigenvalue weighted by Crippen LogP contribution is 2.48. The molecule has 0 amide bonds. The Morgan fingerprint density at radius 3 is 2.34 bits per heavy atom.